The SMILES string of the molecule is Cc1ccccc1-n1ncc(C(=O)Nc2ccc(CN3CCCC(C)C3)cc2)c1C(F)(F)F. The molecule has 1 saturated heterocycles. The van der Waals surface area contributed by atoms with Gasteiger partial charge in [0.1, 0.15) is 0 Å². The van der Waals surface area contributed by atoms with Crippen LogP contribution in [0.15, 0.2) is 54.7 Å². The van der Waals surface area contributed by atoms with Crippen LogP contribution in [0.2, 0.25) is 0 Å². The molecule has 1 fully saturated rings. The van der Waals surface area contributed by atoms with Gasteiger partial charge in [0.15, 0.2) is 5.69 Å². The standard InChI is InChI=1S/C25H27F3N4O/c1-17-6-5-13-31(15-17)16-19-9-11-20(12-10-19)30-24(33)21-14-29-32(23(21)25(26,27)28)22-8-4-3-7-18(22)2/h3-4,7-12,14,17H,5-6,13,15-16H2,1-2H3,(H,30,33). The molecule has 1 N–H and O–H groups in total. The molecule has 4 rings (SSSR count). The summed E-state index contributed by atoms with van der Waals surface area (Å²) in [7, 11) is 0. The minimum Gasteiger partial charge on any atom is -0.322 e. The Morgan fingerprint density at radius 2 is 1.88 bits per heavy atom. The third kappa shape index (κ3) is 5.27. The van der Waals surface area contributed by atoms with Crippen LogP contribution in [-0.2, 0) is 12.7 Å². The summed E-state index contributed by atoms with van der Waals surface area (Å²) in [5.74, 6) is -0.166. The Morgan fingerprint density at radius 1 is 1.15 bits per heavy atom. The molecule has 0 aliphatic carbocycles. The number of nitrogens with one attached hydrogen (secondary N) is 1. The molecule has 1 aliphatic heterocycles. The van der Waals surface area contributed by atoms with Gasteiger partial charge < -0.3 is 5.32 Å². The molecule has 1 unspecified atom stereocenters. The lowest BCUT2D eigenvalue weighted by Gasteiger charge is -2.30. The van der Waals surface area contributed by atoms with Crippen LogP contribution in [0, 0.1) is 12.8 Å². The average molecular weight is 457 g/mol. The quantitative estimate of drug-likeness (QED) is 0.537. The lowest BCUT2D eigenvalue weighted by Crippen LogP contribution is -2.33. The fourth-order valence-electron chi connectivity index (χ4n) is 4.35. The largest absolute Gasteiger partial charge is 0.434 e. The van der Waals surface area contributed by atoms with Gasteiger partial charge in [-0.3, -0.25) is 9.69 Å². The van der Waals surface area contributed by atoms with Gasteiger partial charge in [0.05, 0.1) is 17.4 Å². The van der Waals surface area contributed by atoms with Crippen molar-refractivity contribution in [2.24, 2.45) is 5.92 Å². The molecular weight excluding hydrogens is 429 g/mol. The number of alkyl halides is 3. The number of hydrogen-bond donors (Lipinski definition) is 1. The van der Waals surface area contributed by atoms with Crippen LogP contribution < -0.4 is 5.32 Å². The molecule has 0 saturated carbocycles. The van der Waals surface area contributed by atoms with Gasteiger partial charge in [-0.05, 0) is 61.6 Å². The third-order valence-electron chi connectivity index (χ3n) is 5.99. The van der Waals surface area contributed by atoms with E-state index in [4.69, 9.17) is 0 Å². The number of likely N-dealkylation sites (tertiary alicyclic amines) is 1. The first-order valence-electron chi connectivity index (χ1n) is 11.1. The van der Waals surface area contributed by atoms with Crippen molar-refractivity contribution in [3.05, 3.63) is 77.1 Å². The van der Waals surface area contributed by atoms with Gasteiger partial charge in [-0.1, -0.05) is 37.3 Å². The molecule has 3 aromatic rings. The van der Waals surface area contributed by atoms with E-state index in [-0.39, 0.29) is 5.69 Å². The molecule has 1 aliphatic rings. The molecule has 0 bridgehead atoms. The van der Waals surface area contributed by atoms with Gasteiger partial charge in [-0.2, -0.15) is 18.3 Å². The van der Waals surface area contributed by atoms with Gasteiger partial charge in [-0.25, -0.2) is 4.68 Å². The second kappa shape index (κ2) is 9.39. The topological polar surface area (TPSA) is 50.2 Å². The van der Waals surface area contributed by atoms with Crippen LogP contribution in [0.1, 0.15) is 46.9 Å². The highest BCUT2D eigenvalue weighted by Gasteiger charge is 2.40. The van der Waals surface area contributed by atoms with Gasteiger partial charge in [0.2, 0.25) is 0 Å². The smallest absolute Gasteiger partial charge is 0.322 e. The number of carbonyl (C=O) groups excluding carboxylic acids is 1. The summed E-state index contributed by atoms with van der Waals surface area (Å²) in [5, 5.41) is 6.47. The number of piperidine rings is 1. The summed E-state index contributed by atoms with van der Waals surface area (Å²) in [6.07, 6.45) is -1.34. The first-order valence-corrected chi connectivity index (χ1v) is 11.1. The van der Waals surface area contributed by atoms with E-state index < -0.39 is 23.3 Å². The highest BCUT2D eigenvalue weighted by Crippen LogP contribution is 2.34. The number of amides is 1. The number of nitrogens with zero attached hydrogens (tertiary/aromatic N) is 3. The van der Waals surface area contributed by atoms with Crippen LogP contribution in [0.4, 0.5) is 18.9 Å². The van der Waals surface area contributed by atoms with Crippen molar-refractivity contribution in [1.29, 1.82) is 0 Å². The van der Waals surface area contributed by atoms with E-state index >= 15 is 0 Å². The highest BCUT2D eigenvalue weighted by atomic mass is 19.4. The van der Waals surface area contributed by atoms with Gasteiger partial charge in [0.25, 0.3) is 5.91 Å². The lowest BCUT2D eigenvalue weighted by molar-refractivity contribution is -0.143. The van der Waals surface area contributed by atoms with Crippen molar-refractivity contribution in [3.63, 3.8) is 0 Å². The van der Waals surface area contributed by atoms with E-state index in [1.807, 2.05) is 12.1 Å². The number of benzene rings is 2. The molecule has 1 aromatic heterocycles. The van der Waals surface area contributed by atoms with E-state index in [9.17, 15) is 18.0 Å². The Balaban J connectivity index is 1.52. The Labute approximate surface area is 191 Å². The Morgan fingerprint density at radius 3 is 2.55 bits per heavy atom. The first-order chi connectivity index (χ1) is 15.7. The second-order valence-corrected chi connectivity index (χ2v) is 8.74. The molecule has 1 amide bonds. The lowest BCUT2D eigenvalue weighted by atomic mass is 10.00. The summed E-state index contributed by atoms with van der Waals surface area (Å²) in [6, 6.07) is 13.9. The van der Waals surface area contributed by atoms with E-state index in [1.54, 1.807) is 43.3 Å². The van der Waals surface area contributed by atoms with E-state index in [0.29, 0.717) is 17.2 Å². The van der Waals surface area contributed by atoms with E-state index in [1.165, 1.54) is 12.8 Å². The van der Waals surface area contributed by atoms with Gasteiger partial charge in [-0.15, -0.1) is 0 Å². The maximum atomic E-state index is 13.9. The zero-order valence-corrected chi connectivity index (χ0v) is 18.7. The zero-order valence-electron chi connectivity index (χ0n) is 18.7. The Kier molecular flexibility index (Phi) is 6.56. The summed E-state index contributed by atoms with van der Waals surface area (Å²) in [4.78, 5) is 15.2. The first kappa shape index (κ1) is 23.0. The van der Waals surface area contributed by atoms with Crippen LogP contribution in [-0.4, -0.2) is 33.7 Å². The minimum atomic E-state index is -4.75. The van der Waals surface area contributed by atoms with Gasteiger partial charge >= 0.3 is 6.18 Å². The third-order valence-corrected chi connectivity index (χ3v) is 5.99. The van der Waals surface area contributed by atoms with Crippen molar-refractivity contribution in [1.82, 2.24) is 14.7 Å². The summed E-state index contributed by atoms with van der Waals surface area (Å²) >= 11 is 0. The van der Waals surface area contributed by atoms with Crippen LogP contribution in [0.25, 0.3) is 5.69 Å². The number of aromatic nitrogens is 2. The van der Waals surface area contributed by atoms with Crippen LogP contribution in [0.3, 0.4) is 0 Å². The molecule has 8 heteroatoms. The van der Waals surface area contributed by atoms with E-state index in [0.717, 1.165) is 36.1 Å². The summed E-state index contributed by atoms with van der Waals surface area (Å²) in [6.45, 7) is 6.89. The number of para-hydroxylation sites is 1. The number of hydrogen-bond acceptors (Lipinski definition) is 3. The van der Waals surface area contributed by atoms with E-state index in [2.05, 4.69) is 22.2 Å². The highest BCUT2D eigenvalue weighted by molar-refractivity contribution is 6.05. The normalized spacial score (nSPS) is 17.2. The fourth-order valence-corrected chi connectivity index (χ4v) is 4.35. The summed E-state index contributed by atoms with van der Waals surface area (Å²) in [5.41, 5.74) is 0.831. The van der Waals surface area contributed by atoms with Crippen molar-refractivity contribution in [2.75, 3.05) is 18.4 Å². The fraction of sp³-hybridized carbons (Fsp3) is 0.360. The van der Waals surface area contributed by atoms with Crippen molar-refractivity contribution in [3.8, 4) is 5.69 Å². The second-order valence-electron chi connectivity index (χ2n) is 8.74. The maximum Gasteiger partial charge on any atom is 0.434 e. The molecule has 0 radical (unpaired) electrons. The molecule has 1 atom stereocenters. The predicted octanol–water partition coefficient (Wildman–Crippen LogP) is 5.68. The van der Waals surface area contributed by atoms with Crippen molar-refractivity contribution < 1.29 is 18.0 Å². The minimum absolute atomic E-state index is 0.278. The number of aryl methyl sites for hydroxylation is 1. The molecule has 2 aromatic carbocycles. The zero-order chi connectivity index (χ0) is 23.6. The molecular formula is C25H27F3N4O. The van der Waals surface area contributed by atoms with Crippen molar-refractivity contribution >= 4 is 11.6 Å². The monoisotopic (exact) mass is 456 g/mol. The Hall–Kier alpha value is -3.13. The maximum absolute atomic E-state index is 13.9. The van der Waals surface area contributed by atoms with Crippen LogP contribution >= 0.6 is 0 Å². The number of carbonyl (C=O) groups is 1. The number of halogens is 3. The van der Waals surface area contributed by atoms with Crippen LogP contribution in [0.5, 0.6) is 0 Å². The number of rotatable bonds is 5. The molecule has 33 heavy (non-hydrogen) atoms. The van der Waals surface area contributed by atoms with Gasteiger partial charge in [0, 0.05) is 18.8 Å². The molecule has 5 nitrogen and oxygen atoms in total. The average Bonchev–Trinajstić information content (AvgIpc) is 3.21. The number of anilines is 1. The summed E-state index contributed by atoms with van der Waals surface area (Å²) < 4.78 is 42.5. The molecule has 2 heterocycles. The Bertz CT molecular complexity index is 1120. The molecule has 174 valence electrons. The molecule has 0 spiro atoms. The predicted molar refractivity (Wildman–Crippen MR) is 121 cm³/mol. The van der Waals surface area contributed by atoms with Crippen molar-refractivity contribution in [2.45, 2.75) is 39.4 Å².